The molecule has 0 unspecified atom stereocenters. The Morgan fingerprint density at radius 3 is 2.80 bits per heavy atom. The molecule has 1 aromatic rings. The van der Waals surface area contributed by atoms with Gasteiger partial charge in [-0.3, -0.25) is 0 Å². The summed E-state index contributed by atoms with van der Waals surface area (Å²) in [6, 6.07) is 0. The molecule has 1 rings (SSSR count). The Kier molecular flexibility index (Phi) is 4.31. The van der Waals surface area contributed by atoms with Gasteiger partial charge in [0.1, 0.15) is 12.4 Å². The number of halogens is 1. The number of imidazole rings is 1. The highest BCUT2D eigenvalue weighted by atomic mass is 79.9. The molecule has 0 atom stereocenters. The molecule has 1 heterocycles. The number of hydrogen-bond donors (Lipinski definition) is 2. The van der Waals surface area contributed by atoms with Crippen molar-refractivity contribution >= 4 is 0 Å². The van der Waals surface area contributed by atoms with Crippen molar-refractivity contribution in [1.29, 1.82) is 0 Å². The van der Waals surface area contributed by atoms with Crippen LogP contribution in [0.1, 0.15) is 5.82 Å². The van der Waals surface area contributed by atoms with Crippen molar-refractivity contribution in [3.05, 3.63) is 18.2 Å². The molecular weight excluding hydrogens is 194 g/mol. The number of H-pyrrole nitrogens is 1. The summed E-state index contributed by atoms with van der Waals surface area (Å²) >= 11 is 0. The van der Waals surface area contributed by atoms with Crippen LogP contribution in [0.2, 0.25) is 0 Å². The van der Waals surface area contributed by atoms with Crippen molar-refractivity contribution in [2.45, 2.75) is 6.42 Å². The number of aromatic amines is 1. The van der Waals surface area contributed by atoms with Crippen LogP contribution < -0.4 is 27.3 Å². The van der Waals surface area contributed by atoms with E-state index in [9.17, 15) is 0 Å². The molecule has 10 heavy (non-hydrogen) atoms. The second-order valence-electron chi connectivity index (χ2n) is 2.06. The lowest BCUT2D eigenvalue weighted by Gasteiger charge is -1.88. The third kappa shape index (κ3) is 2.11. The molecule has 3 N–H and O–H groups in total. The Balaban J connectivity index is 0.000000810. The van der Waals surface area contributed by atoms with E-state index in [4.69, 9.17) is 5.73 Å². The minimum atomic E-state index is 0. The van der Waals surface area contributed by atoms with Gasteiger partial charge in [0.15, 0.2) is 0 Å². The Morgan fingerprint density at radius 1 is 1.70 bits per heavy atom. The summed E-state index contributed by atoms with van der Waals surface area (Å²) in [5, 5.41) is 0. The standard InChI is InChI=1S/C6H11N3.BrH/c1-9-5-4-8-6(9)2-3-7;/h4-5H,2-3,7H2,1H3;1H. The summed E-state index contributed by atoms with van der Waals surface area (Å²) in [7, 11) is 2.00. The lowest BCUT2D eigenvalue weighted by atomic mass is 10.4. The molecular formula is C6H12BrN3. The second kappa shape index (κ2) is 4.46. The van der Waals surface area contributed by atoms with Crippen LogP contribution in [0.5, 0.6) is 0 Å². The molecule has 0 bridgehead atoms. The van der Waals surface area contributed by atoms with Crippen LogP contribution in [-0.2, 0) is 13.5 Å². The molecule has 0 saturated carbocycles. The molecule has 0 aliphatic rings. The normalized spacial score (nSPS) is 9.00. The van der Waals surface area contributed by atoms with Gasteiger partial charge >= 0.3 is 0 Å². The van der Waals surface area contributed by atoms with Gasteiger partial charge in [-0.2, -0.15) is 0 Å². The first-order valence-electron chi connectivity index (χ1n) is 3.06. The molecule has 0 saturated heterocycles. The minimum Gasteiger partial charge on any atom is -1.00 e. The zero-order chi connectivity index (χ0) is 6.69. The first-order chi connectivity index (χ1) is 4.34. The Hall–Kier alpha value is -0.350. The molecule has 0 aliphatic carbocycles. The van der Waals surface area contributed by atoms with Crippen molar-refractivity contribution in [3.63, 3.8) is 0 Å². The van der Waals surface area contributed by atoms with Gasteiger partial charge in [-0.05, 0) is 0 Å². The monoisotopic (exact) mass is 205 g/mol. The quantitative estimate of drug-likeness (QED) is 0.481. The van der Waals surface area contributed by atoms with E-state index in [0.29, 0.717) is 6.54 Å². The maximum atomic E-state index is 5.36. The fourth-order valence-corrected chi connectivity index (χ4v) is 0.822. The van der Waals surface area contributed by atoms with Gasteiger partial charge in [0.05, 0.1) is 13.5 Å². The lowest BCUT2D eigenvalue weighted by Crippen LogP contribution is -3.00. The number of nitrogens with one attached hydrogen (secondary N) is 1. The number of aromatic nitrogens is 2. The van der Waals surface area contributed by atoms with Crippen LogP contribution in [0.4, 0.5) is 0 Å². The second-order valence-corrected chi connectivity index (χ2v) is 2.06. The van der Waals surface area contributed by atoms with E-state index in [1.165, 1.54) is 5.82 Å². The fraction of sp³-hybridized carbons (Fsp3) is 0.500. The third-order valence-corrected chi connectivity index (χ3v) is 1.35. The average Bonchev–Trinajstić information content (AvgIpc) is 2.18. The molecule has 0 aliphatic heterocycles. The zero-order valence-corrected chi connectivity index (χ0v) is 7.56. The average molecular weight is 206 g/mol. The zero-order valence-electron chi connectivity index (χ0n) is 5.97. The van der Waals surface area contributed by atoms with E-state index in [-0.39, 0.29) is 17.0 Å². The molecule has 4 heteroatoms. The number of aryl methyl sites for hydroxylation is 1. The summed E-state index contributed by atoms with van der Waals surface area (Å²) in [5.41, 5.74) is 5.36. The Morgan fingerprint density at radius 2 is 2.40 bits per heavy atom. The Labute approximate surface area is 71.0 Å². The maximum absolute atomic E-state index is 5.36. The Bertz CT molecular complexity index is 185. The van der Waals surface area contributed by atoms with E-state index in [1.807, 2.05) is 24.0 Å². The summed E-state index contributed by atoms with van der Waals surface area (Å²) < 4.78 is 2.03. The summed E-state index contributed by atoms with van der Waals surface area (Å²) in [5.74, 6) is 1.18. The predicted octanol–water partition coefficient (Wildman–Crippen LogP) is -3.66. The molecule has 0 aromatic carbocycles. The highest BCUT2D eigenvalue weighted by Crippen LogP contribution is 1.82. The molecule has 0 fully saturated rings. The van der Waals surface area contributed by atoms with Crippen LogP contribution in [0.25, 0.3) is 0 Å². The third-order valence-electron chi connectivity index (χ3n) is 1.35. The number of rotatable bonds is 2. The van der Waals surface area contributed by atoms with Gasteiger partial charge < -0.3 is 22.7 Å². The van der Waals surface area contributed by atoms with Crippen LogP contribution in [0.3, 0.4) is 0 Å². The van der Waals surface area contributed by atoms with E-state index in [1.54, 1.807) is 0 Å². The van der Waals surface area contributed by atoms with Gasteiger partial charge in [0.2, 0.25) is 0 Å². The summed E-state index contributed by atoms with van der Waals surface area (Å²) in [6.07, 6.45) is 4.81. The van der Waals surface area contributed by atoms with Gasteiger partial charge in [0.25, 0.3) is 5.82 Å². The number of nitrogens with two attached hydrogens (primary N) is 1. The molecule has 3 nitrogen and oxygen atoms in total. The molecule has 0 amide bonds. The van der Waals surface area contributed by atoms with Crippen LogP contribution in [0, 0.1) is 0 Å². The first kappa shape index (κ1) is 9.65. The number of nitrogens with zero attached hydrogens (tertiary/aromatic N) is 1. The first-order valence-corrected chi connectivity index (χ1v) is 3.06. The predicted molar refractivity (Wildman–Crippen MR) is 34.7 cm³/mol. The smallest absolute Gasteiger partial charge is 0.255 e. The lowest BCUT2D eigenvalue weighted by molar-refractivity contribution is -0.677. The molecule has 0 radical (unpaired) electrons. The van der Waals surface area contributed by atoms with Crippen LogP contribution >= 0.6 is 0 Å². The minimum absolute atomic E-state index is 0. The largest absolute Gasteiger partial charge is 1.00 e. The van der Waals surface area contributed by atoms with Crippen LogP contribution in [-0.4, -0.2) is 11.5 Å². The van der Waals surface area contributed by atoms with Gasteiger partial charge in [-0.25, -0.2) is 9.55 Å². The van der Waals surface area contributed by atoms with Gasteiger partial charge in [-0.1, -0.05) is 0 Å². The molecule has 58 valence electrons. The van der Waals surface area contributed by atoms with Crippen LogP contribution in [0.15, 0.2) is 12.4 Å². The van der Waals surface area contributed by atoms with Crippen molar-refractivity contribution < 1.29 is 21.5 Å². The van der Waals surface area contributed by atoms with E-state index in [2.05, 4.69) is 4.98 Å². The SMILES string of the molecule is C[n+]1cc[nH]c1CCN.[Br-]. The molecule has 0 spiro atoms. The van der Waals surface area contributed by atoms with E-state index >= 15 is 0 Å². The highest BCUT2D eigenvalue weighted by molar-refractivity contribution is 4.76. The van der Waals surface area contributed by atoms with Crippen molar-refractivity contribution in [3.8, 4) is 0 Å². The summed E-state index contributed by atoms with van der Waals surface area (Å²) in [4.78, 5) is 3.09. The van der Waals surface area contributed by atoms with Crippen molar-refractivity contribution in [2.75, 3.05) is 6.54 Å². The highest BCUT2D eigenvalue weighted by Gasteiger charge is 2.02. The van der Waals surface area contributed by atoms with E-state index in [0.717, 1.165) is 6.42 Å². The maximum Gasteiger partial charge on any atom is 0.255 e. The topological polar surface area (TPSA) is 45.7 Å². The van der Waals surface area contributed by atoms with Crippen molar-refractivity contribution in [2.24, 2.45) is 12.8 Å². The molecule has 1 aromatic heterocycles. The fourth-order valence-electron chi connectivity index (χ4n) is 0.822. The van der Waals surface area contributed by atoms with Crippen molar-refractivity contribution in [1.82, 2.24) is 4.98 Å². The van der Waals surface area contributed by atoms with Gasteiger partial charge in [-0.15, -0.1) is 0 Å². The number of hydrogen-bond acceptors (Lipinski definition) is 1. The van der Waals surface area contributed by atoms with Gasteiger partial charge in [0, 0.05) is 6.54 Å². The van der Waals surface area contributed by atoms with E-state index < -0.39 is 0 Å². The summed E-state index contributed by atoms with van der Waals surface area (Å²) in [6.45, 7) is 0.703.